The predicted molar refractivity (Wildman–Crippen MR) is 144 cm³/mol. The number of aryl methyl sites for hydroxylation is 2. The van der Waals surface area contributed by atoms with Crippen molar-refractivity contribution in [1.29, 1.82) is 5.26 Å². The molecule has 192 valence electrons. The summed E-state index contributed by atoms with van der Waals surface area (Å²) in [6, 6.07) is 15.0. The highest BCUT2D eigenvalue weighted by Gasteiger charge is 2.41. The minimum absolute atomic E-state index is 0.0881. The number of rotatable bonds is 4. The zero-order valence-corrected chi connectivity index (χ0v) is 21.8. The summed E-state index contributed by atoms with van der Waals surface area (Å²) in [7, 11) is 0. The summed E-state index contributed by atoms with van der Waals surface area (Å²) in [4.78, 5) is 16.5. The van der Waals surface area contributed by atoms with Crippen molar-refractivity contribution < 1.29 is 9.47 Å². The zero-order valence-electron chi connectivity index (χ0n) is 21.8. The third-order valence-electron chi connectivity index (χ3n) is 7.77. The van der Waals surface area contributed by atoms with Crippen LogP contribution in [-0.4, -0.2) is 85.1 Å². The number of pyridine rings is 2. The molecule has 3 saturated heterocycles. The summed E-state index contributed by atoms with van der Waals surface area (Å²) >= 11 is 0. The van der Waals surface area contributed by atoms with Gasteiger partial charge in [0, 0.05) is 73.6 Å². The van der Waals surface area contributed by atoms with Crippen LogP contribution in [0.3, 0.4) is 0 Å². The maximum atomic E-state index is 9.54. The Hall–Kier alpha value is -3.25. The Morgan fingerprint density at radius 2 is 1.92 bits per heavy atom. The highest BCUT2D eigenvalue weighted by molar-refractivity contribution is 5.95. The molecule has 3 fully saturated rings. The second-order valence-electron chi connectivity index (χ2n) is 10.6. The number of aromatic nitrogens is 2. The zero-order chi connectivity index (χ0) is 25.5. The number of anilines is 2. The molecule has 37 heavy (non-hydrogen) atoms. The molecule has 8 nitrogen and oxygen atoms in total. The van der Waals surface area contributed by atoms with Crippen molar-refractivity contribution in [3.8, 4) is 6.07 Å². The van der Waals surface area contributed by atoms with Gasteiger partial charge in [-0.1, -0.05) is 0 Å². The number of nitrogens with zero attached hydrogens (tertiary/aromatic N) is 6. The van der Waals surface area contributed by atoms with Crippen LogP contribution >= 0.6 is 0 Å². The highest BCUT2D eigenvalue weighted by atomic mass is 16.5. The lowest BCUT2D eigenvalue weighted by molar-refractivity contribution is -0.0317. The number of benzene rings is 1. The van der Waals surface area contributed by atoms with Crippen molar-refractivity contribution in [2.75, 3.05) is 55.7 Å². The average Bonchev–Trinajstić information content (AvgIpc) is 3.29. The third kappa shape index (κ3) is 4.75. The fourth-order valence-electron chi connectivity index (χ4n) is 6.37. The van der Waals surface area contributed by atoms with Crippen molar-refractivity contribution in [2.45, 2.75) is 45.1 Å². The van der Waals surface area contributed by atoms with Gasteiger partial charge in [-0.05, 0) is 57.2 Å². The maximum Gasteiger partial charge on any atom is 0.101 e. The Bertz CT molecular complexity index is 1320. The maximum absolute atomic E-state index is 9.54. The van der Waals surface area contributed by atoms with E-state index >= 15 is 0 Å². The summed E-state index contributed by atoms with van der Waals surface area (Å²) in [6.45, 7) is 12.3. The molecule has 5 heterocycles. The molecule has 0 saturated carbocycles. The van der Waals surface area contributed by atoms with E-state index in [1.54, 1.807) is 6.20 Å². The number of fused-ring (bicyclic) bond motifs is 2. The van der Waals surface area contributed by atoms with Gasteiger partial charge in [-0.2, -0.15) is 5.26 Å². The van der Waals surface area contributed by atoms with Crippen LogP contribution < -0.4 is 9.80 Å². The lowest BCUT2D eigenvalue weighted by Crippen LogP contribution is -2.51. The number of likely N-dealkylation sites (tertiary alicyclic amines) is 1. The number of morpholine rings is 2. The van der Waals surface area contributed by atoms with Crippen LogP contribution in [0.5, 0.6) is 0 Å². The Labute approximate surface area is 218 Å². The molecule has 3 aliphatic rings. The van der Waals surface area contributed by atoms with Gasteiger partial charge in [0.25, 0.3) is 0 Å². The van der Waals surface area contributed by atoms with E-state index in [4.69, 9.17) is 9.47 Å². The van der Waals surface area contributed by atoms with Gasteiger partial charge in [0.1, 0.15) is 6.07 Å². The summed E-state index contributed by atoms with van der Waals surface area (Å²) < 4.78 is 12.7. The number of nitriles is 1. The second-order valence-corrected chi connectivity index (χ2v) is 10.6. The molecular formula is C29H34N6O2. The van der Waals surface area contributed by atoms with Crippen LogP contribution in [0.2, 0.25) is 0 Å². The summed E-state index contributed by atoms with van der Waals surface area (Å²) in [5.74, 6) is 0. The molecule has 3 aliphatic heterocycles. The van der Waals surface area contributed by atoms with E-state index in [0.717, 1.165) is 73.9 Å². The molecule has 1 aromatic carbocycles. The van der Waals surface area contributed by atoms with Gasteiger partial charge in [-0.25, -0.2) is 0 Å². The number of hydrogen-bond acceptors (Lipinski definition) is 8. The van der Waals surface area contributed by atoms with Gasteiger partial charge < -0.3 is 19.3 Å². The van der Waals surface area contributed by atoms with E-state index in [1.165, 1.54) is 5.69 Å². The van der Waals surface area contributed by atoms with Crippen LogP contribution in [0, 0.1) is 25.2 Å². The molecular weight excluding hydrogens is 464 g/mol. The topological polar surface area (TPSA) is 77.8 Å². The van der Waals surface area contributed by atoms with E-state index < -0.39 is 0 Å². The Morgan fingerprint density at radius 1 is 1.08 bits per heavy atom. The standard InChI is InChI=1S/C29H34N6O2/c1-19-11-23(12-20(2)32-19)35-9-10-36-28-18-33(17-27(28)35)15-24-16-34(14-21(3)37-24)26-7-6-22(13-30)29-25(26)5-4-8-31-29/h4-8,11-12,21,24,27-28H,9-10,14-18H2,1-3H3/t21-,24+,27?,28?/m1/s1. The van der Waals surface area contributed by atoms with Crippen LogP contribution in [0.4, 0.5) is 11.4 Å². The molecule has 6 rings (SSSR count). The lowest BCUT2D eigenvalue weighted by atomic mass is 10.1. The Balaban J connectivity index is 1.18. The van der Waals surface area contributed by atoms with Gasteiger partial charge in [-0.15, -0.1) is 0 Å². The first-order valence-corrected chi connectivity index (χ1v) is 13.2. The van der Waals surface area contributed by atoms with Crippen LogP contribution in [-0.2, 0) is 9.47 Å². The summed E-state index contributed by atoms with van der Waals surface area (Å²) in [5, 5.41) is 10.6. The SMILES string of the molecule is Cc1cc(N2CCOC3CN(C[C@H]4CN(c5ccc(C#N)c6ncccc56)C[C@@H](C)O4)CC32)cc(C)n1. The predicted octanol–water partition coefficient (Wildman–Crippen LogP) is 3.30. The van der Waals surface area contributed by atoms with Crippen LogP contribution in [0.25, 0.3) is 10.9 Å². The smallest absolute Gasteiger partial charge is 0.101 e. The molecule has 0 aliphatic carbocycles. The van der Waals surface area contributed by atoms with Crippen molar-refractivity contribution in [1.82, 2.24) is 14.9 Å². The molecule has 0 N–H and O–H groups in total. The summed E-state index contributed by atoms with van der Waals surface area (Å²) in [6.07, 6.45) is 2.16. The molecule has 2 aromatic heterocycles. The molecule has 0 amide bonds. The van der Waals surface area contributed by atoms with Crippen molar-refractivity contribution in [3.63, 3.8) is 0 Å². The van der Waals surface area contributed by atoms with E-state index in [2.05, 4.69) is 75.8 Å². The van der Waals surface area contributed by atoms with Gasteiger partial charge in [0.05, 0.1) is 42.0 Å². The minimum atomic E-state index is 0.0881. The molecule has 2 unspecified atom stereocenters. The van der Waals surface area contributed by atoms with E-state index in [1.807, 2.05) is 12.1 Å². The number of hydrogen-bond donors (Lipinski definition) is 0. The molecule has 0 bridgehead atoms. The van der Waals surface area contributed by atoms with Gasteiger partial charge >= 0.3 is 0 Å². The average molecular weight is 499 g/mol. The summed E-state index contributed by atoms with van der Waals surface area (Å²) in [5.41, 5.74) is 5.86. The fourth-order valence-corrected chi connectivity index (χ4v) is 6.37. The normalized spacial score (nSPS) is 26.3. The van der Waals surface area contributed by atoms with Gasteiger partial charge in [0.15, 0.2) is 0 Å². The number of ether oxygens (including phenoxy) is 2. The Morgan fingerprint density at radius 3 is 2.73 bits per heavy atom. The van der Waals surface area contributed by atoms with Crippen molar-refractivity contribution >= 4 is 22.3 Å². The van der Waals surface area contributed by atoms with E-state index in [-0.39, 0.29) is 18.3 Å². The van der Waals surface area contributed by atoms with Gasteiger partial charge in [0.2, 0.25) is 0 Å². The first-order chi connectivity index (χ1) is 18.0. The quantitative estimate of drug-likeness (QED) is 0.542. The fraction of sp³-hybridized carbons (Fsp3) is 0.483. The van der Waals surface area contributed by atoms with Gasteiger partial charge in [-0.3, -0.25) is 14.9 Å². The molecule has 4 atom stereocenters. The molecule has 8 heteroatoms. The third-order valence-corrected chi connectivity index (χ3v) is 7.77. The largest absolute Gasteiger partial charge is 0.373 e. The van der Waals surface area contributed by atoms with Crippen LogP contribution in [0.15, 0.2) is 42.6 Å². The first-order valence-electron chi connectivity index (χ1n) is 13.2. The van der Waals surface area contributed by atoms with E-state index in [0.29, 0.717) is 11.6 Å². The molecule has 0 radical (unpaired) electrons. The van der Waals surface area contributed by atoms with Crippen molar-refractivity contribution in [3.05, 3.63) is 59.5 Å². The minimum Gasteiger partial charge on any atom is -0.373 e. The molecule has 0 spiro atoms. The van der Waals surface area contributed by atoms with Crippen LogP contribution in [0.1, 0.15) is 23.9 Å². The Kier molecular flexibility index (Phi) is 6.45. The first kappa shape index (κ1) is 24.1. The lowest BCUT2D eigenvalue weighted by Gasteiger charge is -2.40. The monoisotopic (exact) mass is 498 g/mol. The molecule has 3 aromatic rings. The van der Waals surface area contributed by atoms with E-state index in [9.17, 15) is 5.26 Å². The highest BCUT2D eigenvalue weighted by Crippen LogP contribution is 2.32. The van der Waals surface area contributed by atoms with Crippen molar-refractivity contribution in [2.24, 2.45) is 0 Å². The second kappa shape index (κ2) is 9.90.